The van der Waals surface area contributed by atoms with Gasteiger partial charge in [-0.05, 0) is 36.2 Å². The third kappa shape index (κ3) is 2.88. The molecule has 94 valence electrons. The van der Waals surface area contributed by atoms with E-state index in [9.17, 15) is 4.79 Å². The smallest absolute Gasteiger partial charge is 0.302 e. The SMILES string of the molecule is CC(=O)OCc1cc(CBr)cc2cc(C)cnc12. The van der Waals surface area contributed by atoms with Crippen LogP contribution in [0.5, 0.6) is 0 Å². The predicted octanol–water partition coefficient (Wildman–Crippen LogP) is 3.50. The molecule has 1 heterocycles. The molecule has 0 N–H and O–H groups in total. The van der Waals surface area contributed by atoms with Crippen LogP contribution in [0, 0.1) is 6.92 Å². The van der Waals surface area contributed by atoms with Crippen molar-refractivity contribution in [3.05, 3.63) is 41.1 Å². The molecular formula is C14H14BrNO2. The van der Waals surface area contributed by atoms with Crippen LogP contribution in [-0.4, -0.2) is 11.0 Å². The summed E-state index contributed by atoms with van der Waals surface area (Å²) in [7, 11) is 0. The van der Waals surface area contributed by atoms with E-state index in [1.165, 1.54) is 6.92 Å². The molecule has 0 aliphatic carbocycles. The fourth-order valence-electron chi connectivity index (χ4n) is 1.87. The molecule has 2 aromatic rings. The van der Waals surface area contributed by atoms with Crippen molar-refractivity contribution in [2.75, 3.05) is 0 Å². The predicted molar refractivity (Wildman–Crippen MR) is 74.6 cm³/mol. The number of esters is 1. The molecule has 0 fully saturated rings. The molecule has 3 nitrogen and oxygen atoms in total. The van der Waals surface area contributed by atoms with E-state index in [0.717, 1.165) is 32.9 Å². The number of pyridine rings is 1. The quantitative estimate of drug-likeness (QED) is 0.643. The minimum absolute atomic E-state index is 0.267. The second-order valence-electron chi connectivity index (χ2n) is 4.25. The Morgan fingerprint density at radius 2 is 2.17 bits per heavy atom. The lowest BCUT2D eigenvalue weighted by Gasteiger charge is -2.09. The Kier molecular flexibility index (Phi) is 3.97. The van der Waals surface area contributed by atoms with Crippen LogP contribution in [0.25, 0.3) is 10.9 Å². The van der Waals surface area contributed by atoms with Gasteiger partial charge in [0, 0.05) is 29.4 Å². The first kappa shape index (κ1) is 13.0. The highest BCUT2D eigenvalue weighted by Gasteiger charge is 2.07. The summed E-state index contributed by atoms with van der Waals surface area (Å²) < 4.78 is 5.07. The number of rotatable bonds is 3. The Morgan fingerprint density at radius 3 is 2.83 bits per heavy atom. The molecular weight excluding hydrogens is 294 g/mol. The van der Waals surface area contributed by atoms with E-state index in [0.29, 0.717) is 0 Å². The maximum atomic E-state index is 10.9. The van der Waals surface area contributed by atoms with Crippen molar-refractivity contribution < 1.29 is 9.53 Å². The number of benzene rings is 1. The van der Waals surface area contributed by atoms with Crippen LogP contribution in [0.15, 0.2) is 24.4 Å². The summed E-state index contributed by atoms with van der Waals surface area (Å²) in [5.41, 5.74) is 4.11. The Balaban J connectivity index is 2.51. The summed E-state index contributed by atoms with van der Waals surface area (Å²) in [6.07, 6.45) is 1.83. The molecule has 0 saturated carbocycles. The molecule has 2 rings (SSSR count). The standard InChI is InChI=1S/C14H14BrNO2/c1-9-3-12-4-11(6-15)5-13(8-18-10(2)17)14(12)16-7-9/h3-5,7H,6,8H2,1-2H3. The largest absolute Gasteiger partial charge is 0.461 e. The number of ether oxygens (including phenoxy) is 1. The van der Waals surface area contributed by atoms with Gasteiger partial charge in [-0.15, -0.1) is 0 Å². The number of carbonyl (C=O) groups excluding carboxylic acids is 1. The summed E-state index contributed by atoms with van der Waals surface area (Å²) in [4.78, 5) is 15.3. The zero-order valence-corrected chi connectivity index (χ0v) is 12.0. The molecule has 1 aromatic carbocycles. The summed E-state index contributed by atoms with van der Waals surface area (Å²) in [5.74, 6) is -0.278. The Morgan fingerprint density at radius 1 is 1.39 bits per heavy atom. The second kappa shape index (κ2) is 5.48. The molecule has 0 spiro atoms. The highest BCUT2D eigenvalue weighted by atomic mass is 79.9. The fraction of sp³-hybridized carbons (Fsp3) is 0.286. The first-order valence-electron chi connectivity index (χ1n) is 5.67. The Hall–Kier alpha value is -1.42. The van der Waals surface area contributed by atoms with Gasteiger partial charge < -0.3 is 4.74 Å². The summed E-state index contributed by atoms with van der Waals surface area (Å²) in [6, 6.07) is 6.20. The van der Waals surface area contributed by atoms with Gasteiger partial charge in [0.1, 0.15) is 6.61 Å². The zero-order valence-electron chi connectivity index (χ0n) is 10.4. The molecule has 0 radical (unpaired) electrons. The second-order valence-corrected chi connectivity index (χ2v) is 4.81. The third-order valence-electron chi connectivity index (χ3n) is 2.64. The monoisotopic (exact) mass is 307 g/mol. The minimum atomic E-state index is -0.278. The topological polar surface area (TPSA) is 39.2 Å². The van der Waals surface area contributed by atoms with Crippen LogP contribution in [0.2, 0.25) is 0 Å². The van der Waals surface area contributed by atoms with E-state index in [1.807, 2.05) is 19.2 Å². The molecule has 0 amide bonds. The summed E-state index contributed by atoms with van der Waals surface area (Å²) in [5, 5.41) is 1.85. The van der Waals surface area contributed by atoms with E-state index in [-0.39, 0.29) is 12.6 Å². The van der Waals surface area contributed by atoms with Gasteiger partial charge in [0.05, 0.1) is 5.52 Å². The minimum Gasteiger partial charge on any atom is -0.461 e. The van der Waals surface area contributed by atoms with Crippen LogP contribution < -0.4 is 0 Å². The van der Waals surface area contributed by atoms with Crippen molar-refractivity contribution in [3.8, 4) is 0 Å². The number of aryl methyl sites for hydroxylation is 1. The van der Waals surface area contributed by atoms with Gasteiger partial charge in [-0.25, -0.2) is 0 Å². The van der Waals surface area contributed by atoms with Gasteiger partial charge in [0.25, 0.3) is 0 Å². The van der Waals surface area contributed by atoms with Gasteiger partial charge in [-0.1, -0.05) is 15.9 Å². The fourth-order valence-corrected chi connectivity index (χ4v) is 2.19. The molecule has 1 aromatic heterocycles. The van der Waals surface area contributed by atoms with Crippen LogP contribution in [-0.2, 0) is 21.5 Å². The van der Waals surface area contributed by atoms with Crippen LogP contribution in [0.4, 0.5) is 0 Å². The van der Waals surface area contributed by atoms with E-state index >= 15 is 0 Å². The van der Waals surface area contributed by atoms with Gasteiger partial charge in [-0.2, -0.15) is 0 Å². The average Bonchev–Trinajstić information content (AvgIpc) is 2.34. The van der Waals surface area contributed by atoms with Crippen LogP contribution >= 0.6 is 15.9 Å². The number of hydrogen-bond donors (Lipinski definition) is 0. The van der Waals surface area contributed by atoms with E-state index in [1.54, 1.807) is 0 Å². The summed E-state index contributed by atoms with van der Waals surface area (Å²) >= 11 is 3.45. The lowest BCUT2D eigenvalue weighted by atomic mass is 10.1. The molecule has 18 heavy (non-hydrogen) atoms. The van der Waals surface area contributed by atoms with Crippen molar-refractivity contribution >= 4 is 32.8 Å². The van der Waals surface area contributed by atoms with E-state index in [2.05, 4.69) is 33.0 Å². The highest BCUT2D eigenvalue weighted by Crippen LogP contribution is 2.22. The van der Waals surface area contributed by atoms with Crippen LogP contribution in [0.3, 0.4) is 0 Å². The van der Waals surface area contributed by atoms with Gasteiger partial charge in [0.15, 0.2) is 0 Å². The Labute approximate surface area is 114 Å². The molecule has 0 bridgehead atoms. The van der Waals surface area contributed by atoms with Gasteiger partial charge in [0.2, 0.25) is 0 Å². The molecule has 0 atom stereocenters. The van der Waals surface area contributed by atoms with Crippen molar-refractivity contribution in [2.45, 2.75) is 25.8 Å². The first-order chi connectivity index (χ1) is 8.60. The molecule has 4 heteroatoms. The summed E-state index contributed by atoms with van der Waals surface area (Å²) in [6.45, 7) is 3.69. The lowest BCUT2D eigenvalue weighted by molar-refractivity contribution is -0.142. The number of hydrogen-bond acceptors (Lipinski definition) is 3. The van der Waals surface area contributed by atoms with Gasteiger partial charge >= 0.3 is 5.97 Å². The van der Waals surface area contributed by atoms with E-state index < -0.39 is 0 Å². The number of nitrogens with zero attached hydrogens (tertiary/aromatic N) is 1. The maximum Gasteiger partial charge on any atom is 0.302 e. The molecule has 0 aliphatic rings. The van der Waals surface area contributed by atoms with E-state index in [4.69, 9.17) is 4.74 Å². The molecule has 0 unspecified atom stereocenters. The average molecular weight is 308 g/mol. The molecule has 0 aliphatic heterocycles. The third-order valence-corrected chi connectivity index (χ3v) is 3.29. The van der Waals surface area contributed by atoms with Gasteiger partial charge in [-0.3, -0.25) is 9.78 Å². The number of aromatic nitrogens is 1. The lowest BCUT2D eigenvalue weighted by Crippen LogP contribution is -2.01. The maximum absolute atomic E-state index is 10.9. The number of fused-ring (bicyclic) bond motifs is 1. The highest BCUT2D eigenvalue weighted by molar-refractivity contribution is 9.08. The van der Waals surface area contributed by atoms with Crippen molar-refractivity contribution in [1.82, 2.24) is 4.98 Å². The normalized spacial score (nSPS) is 10.6. The zero-order chi connectivity index (χ0) is 13.1. The number of alkyl halides is 1. The van der Waals surface area contributed by atoms with Crippen molar-refractivity contribution in [2.24, 2.45) is 0 Å². The van der Waals surface area contributed by atoms with Crippen molar-refractivity contribution in [1.29, 1.82) is 0 Å². The van der Waals surface area contributed by atoms with Crippen molar-refractivity contribution in [3.63, 3.8) is 0 Å². The van der Waals surface area contributed by atoms with Crippen LogP contribution in [0.1, 0.15) is 23.6 Å². The Bertz CT molecular complexity index is 596. The number of carbonyl (C=O) groups is 1. The first-order valence-corrected chi connectivity index (χ1v) is 6.80. The number of halogens is 1. The molecule has 0 saturated heterocycles.